The lowest BCUT2D eigenvalue weighted by atomic mass is 10.0. The van der Waals surface area contributed by atoms with Crippen LogP contribution in [0.25, 0.3) is 0 Å². The third-order valence-corrected chi connectivity index (χ3v) is 2.60. The van der Waals surface area contributed by atoms with Gasteiger partial charge in [-0.1, -0.05) is 38.8 Å². The first-order valence-electron chi connectivity index (χ1n) is 5.58. The molecule has 0 aliphatic rings. The first kappa shape index (κ1) is 11.1. The van der Waals surface area contributed by atoms with E-state index in [1.807, 2.05) is 12.1 Å². The molecule has 0 atom stereocenters. The van der Waals surface area contributed by atoms with Crippen molar-refractivity contribution in [2.45, 2.75) is 46.0 Å². The molecule has 0 saturated heterocycles. The third-order valence-electron chi connectivity index (χ3n) is 2.60. The number of phenols is 1. The maximum atomic E-state index is 9.63. The van der Waals surface area contributed by atoms with Gasteiger partial charge in [-0.2, -0.15) is 0 Å². The van der Waals surface area contributed by atoms with Crippen LogP contribution in [-0.2, 0) is 12.8 Å². The predicted molar refractivity (Wildman–Crippen MR) is 60.7 cm³/mol. The Morgan fingerprint density at radius 2 is 1.93 bits per heavy atom. The molecule has 0 saturated carbocycles. The number of rotatable bonds is 5. The van der Waals surface area contributed by atoms with Crippen LogP contribution in [0.4, 0.5) is 0 Å². The summed E-state index contributed by atoms with van der Waals surface area (Å²) < 4.78 is 0. The Morgan fingerprint density at radius 3 is 2.57 bits per heavy atom. The number of unbranched alkanes of at least 4 members (excludes halogenated alkanes) is 2. The normalized spacial score (nSPS) is 10.4. The minimum Gasteiger partial charge on any atom is -0.508 e. The van der Waals surface area contributed by atoms with Crippen LogP contribution >= 0.6 is 0 Å². The molecule has 1 heteroatoms. The number of hydrogen-bond acceptors (Lipinski definition) is 1. The molecule has 0 amide bonds. The molecule has 78 valence electrons. The lowest BCUT2D eigenvalue weighted by molar-refractivity contribution is 0.466. The molecule has 1 aromatic rings. The summed E-state index contributed by atoms with van der Waals surface area (Å²) in [5.41, 5.74) is 2.42. The smallest absolute Gasteiger partial charge is 0.118 e. The van der Waals surface area contributed by atoms with Gasteiger partial charge < -0.3 is 5.11 Å². The fraction of sp³-hybridized carbons (Fsp3) is 0.538. The highest BCUT2D eigenvalue weighted by atomic mass is 16.3. The van der Waals surface area contributed by atoms with E-state index in [2.05, 4.69) is 19.9 Å². The van der Waals surface area contributed by atoms with E-state index in [0.29, 0.717) is 5.75 Å². The molecule has 0 spiro atoms. The van der Waals surface area contributed by atoms with Crippen LogP contribution in [0, 0.1) is 0 Å². The van der Waals surface area contributed by atoms with Crippen molar-refractivity contribution in [3.05, 3.63) is 29.3 Å². The number of hydrogen-bond donors (Lipinski definition) is 1. The Bertz CT molecular complexity index is 279. The summed E-state index contributed by atoms with van der Waals surface area (Å²) >= 11 is 0. The Balaban J connectivity index is 2.64. The van der Waals surface area contributed by atoms with Crippen LogP contribution in [-0.4, -0.2) is 5.11 Å². The van der Waals surface area contributed by atoms with Crippen LogP contribution in [0.3, 0.4) is 0 Å². The van der Waals surface area contributed by atoms with Crippen LogP contribution in [0.2, 0.25) is 0 Å². The first-order chi connectivity index (χ1) is 6.77. The Morgan fingerprint density at radius 1 is 1.14 bits per heavy atom. The van der Waals surface area contributed by atoms with E-state index in [4.69, 9.17) is 0 Å². The molecule has 1 N–H and O–H groups in total. The van der Waals surface area contributed by atoms with Gasteiger partial charge in [-0.05, 0) is 36.5 Å². The predicted octanol–water partition coefficient (Wildman–Crippen LogP) is 3.69. The fourth-order valence-electron chi connectivity index (χ4n) is 1.62. The summed E-state index contributed by atoms with van der Waals surface area (Å²) in [4.78, 5) is 0. The van der Waals surface area contributed by atoms with Crippen molar-refractivity contribution in [2.75, 3.05) is 0 Å². The molecule has 1 aromatic carbocycles. The Hall–Kier alpha value is -0.980. The monoisotopic (exact) mass is 192 g/mol. The summed E-state index contributed by atoms with van der Waals surface area (Å²) in [6.45, 7) is 4.34. The topological polar surface area (TPSA) is 20.2 Å². The van der Waals surface area contributed by atoms with Crippen molar-refractivity contribution >= 4 is 0 Å². The average molecular weight is 192 g/mol. The van der Waals surface area contributed by atoms with Crippen LogP contribution in [0.15, 0.2) is 18.2 Å². The quantitative estimate of drug-likeness (QED) is 0.705. The van der Waals surface area contributed by atoms with E-state index in [-0.39, 0.29) is 0 Å². The van der Waals surface area contributed by atoms with Gasteiger partial charge in [0.1, 0.15) is 5.75 Å². The molecule has 0 aliphatic carbocycles. The zero-order valence-corrected chi connectivity index (χ0v) is 9.21. The minimum absolute atomic E-state index is 0.457. The number of phenolic OH excluding ortho intramolecular Hbond substituents is 1. The molecule has 0 aromatic heterocycles. The lowest BCUT2D eigenvalue weighted by Gasteiger charge is -2.06. The first-order valence-corrected chi connectivity index (χ1v) is 5.58. The van der Waals surface area contributed by atoms with Gasteiger partial charge in [-0.25, -0.2) is 0 Å². The molecule has 1 nitrogen and oxygen atoms in total. The van der Waals surface area contributed by atoms with Gasteiger partial charge in [0.15, 0.2) is 0 Å². The highest BCUT2D eigenvalue weighted by molar-refractivity contribution is 5.36. The molecule has 0 heterocycles. The largest absolute Gasteiger partial charge is 0.508 e. The molecular formula is C13H20O. The van der Waals surface area contributed by atoms with Crippen molar-refractivity contribution < 1.29 is 5.11 Å². The fourth-order valence-corrected chi connectivity index (χ4v) is 1.62. The summed E-state index contributed by atoms with van der Waals surface area (Å²) in [7, 11) is 0. The van der Waals surface area contributed by atoms with Crippen molar-refractivity contribution in [3.8, 4) is 5.75 Å². The van der Waals surface area contributed by atoms with Crippen molar-refractivity contribution in [2.24, 2.45) is 0 Å². The van der Waals surface area contributed by atoms with Crippen LogP contribution < -0.4 is 0 Å². The Kier molecular flexibility index (Phi) is 4.51. The highest BCUT2D eigenvalue weighted by Gasteiger charge is 2.01. The van der Waals surface area contributed by atoms with Gasteiger partial charge in [0.2, 0.25) is 0 Å². The van der Waals surface area contributed by atoms with E-state index in [1.165, 1.54) is 24.8 Å². The van der Waals surface area contributed by atoms with Crippen molar-refractivity contribution in [1.82, 2.24) is 0 Å². The number of aromatic hydroxyl groups is 1. The van der Waals surface area contributed by atoms with Gasteiger partial charge in [0.05, 0.1) is 0 Å². The summed E-state index contributed by atoms with van der Waals surface area (Å²) in [6, 6.07) is 5.95. The minimum atomic E-state index is 0.457. The zero-order valence-electron chi connectivity index (χ0n) is 9.21. The van der Waals surface area contributed by atoms with Crippen molar-refractivity contribution in [1.29, 1.82) is 0 Å². The second-order valence-electron chi connectivity index (χ2n) is 3.77. The second-order valence-corrected chi connectivity index (χ2v) is 3.77. The van der Waals surface area contributed by atoms with E-state index < -0.39 is 0 Å². The highest BCUT2D eigenvalue weighted by Crippen LogP contribution is 2.21. The molecule has 0 radical (unpaired) electrons. The standard InChI is InChI=1S/C13H20O/c1-3-5-6-7-12-10-11(4-2)8-9-13(12)14/h8-10,14H,3-7H2,1-2H3. The van der Waals surface area contributed by atoms with Gasteiger partial charge in [0.25, 0.3) is 0 Å². The third kappa shape index (κ3) is 3.06. The van der Waals surface area contributed by atoms with Crippen molar-refractivity contribution in [3.63, 3.8) is 0 Å². The second kappa shape index (κ2) is 5.69. The van der Waals surface area contributed by atoms with Gasteiger partial charge in [-0.15, -0.1) is 0 Å². The molecule has 0 aliphatic heterocycles. The molecule has 0 unspecified atom stereocenters. The van der Waals surface area contributed by atoms with Gasteiger partial charge in [-0.3, -0.25) is 0 Å². The molecule has 14 heavy (non-hydrogen) atoms. The molecule has 1 rings (SSSR count). The SMILES string of the molecule is CCCCCc1cc(CC)ccc1O. The molecule has 0 fully saturated rings. The average Bonchev–Trinajstić information content (AvgIpc) is 2.21. The van der Waals surface area contributed by atoms with E-state index in [9.17, 15) is 5.11 Å². The molecule has 0 bridgehead atoms. The summed E-state index contributed by atoms with van der Waals surface area (Å²) in [5.74, 6) is 0.457. The van der Waals surface area contributed by atoms with E-state index >= 15 is 0 Å². The summed E-state index contributed by atoms with van der Waals surface area (Å²) in [5, 5.41) is 9.63. The van der Waals surface area contributed by atoms with E-state index in [0.717, 1.165) is 18.4 Å². The Labute approximate surface area is 86.8 Å². The van der Waals surface area contributed by atoms with Gasteiger partial charge >= 0.3 is 0 Å². The van der Waals surface area contributed by atoms with Gasteiger partial charge in [0, 0.05) is 0 Å². The lowest BCUT2D eigenvalue weighted by Crippen LogP contribution is -1.89. The van der Waals surface area contributed by atoms with Crippen LogP contribution in [0.5, 0.6) is 5.75 Å². The number of aryl methyl sites for hydroxylation is 2. The maximum absolute atomic E-state index is 9.63. The maximum Gasteiger partial charge on any atom is 0.118 e. The molecular weight excluding hydrogens is 172 g/mol. The van der Waals surface area contributed by atoms with Crippen LogP contribution in [0.1, 0.15) is 44.2 Å². The zero-order chi connectivity index (χ0) is 10.4. The number of benzene rings is 1. The summed E-state index contributed by atoms with van der Waals surface area (Å²) in [6.07, 6.45) is 5.70. The van der Waals surface area contributed by atoms with E-state index in [1.54, 1.807) is 0 Å².